The van der Waals surface area contributed by atoms with Gasteiger partial charge in [-0.3, -0.25) is 0 Å². The lowest BCUT2D eigenvalue weighted by Crippen LogP contribution is -2.11. The predicted octanol–water partition coefficient (Wildman–Crippen LogP) is 11.8. The van der Waals surface area contributed by atoms with Crippen LogP contribution in [0.4, 0.5) is 17.1 Å². The Morgan fingerprint density at radius 1 is 0.419 bits per heavy atom. The highest BCUT2D eigenvalue weighted by Gasteiger charge is 2.25. The smallest absolute Gasteiger partial charge is 0.160 e. The van der Waals surface area contributed by atoms with Crippen LogP contribution in [0.1, 0.15) is 0 Å². The van der Waals surface area contributed by atoms with Crippen molar-refractivity contribution >= 4 is 71.7 Å². The van der Waals surface area contributed by atoms with Crippen molar-refractivity contribution < 1.29 is 8.83 Å². The predicted molar refractivity (Wildman–Crippen MR) is 179 cm³/mol. The van der Waals surface area contributed by atoms with Crippen molar-refractivity contribution in [1.29, 1.82) is 0 Å². The Hall–Kier alpha value is -5.80. The summed E-state index contributed by atoms with van der Waals surface area (Å²) in [5, 5.41) is 6.63. The minimum atomic E-state index is 0.852. The van der Waals surface area contributed by atoms with Crippen molar-refractivity contribution in [2.24, 2.45) is 0 Å². The van der Waals surface area contributed by atoms with Crippen molar-refractivity contribution in [2.75, 3.05) is 4.90 Å². The van der Waals surface area contributed by atoms with Gasteiger partial charge in [0.15, 0.2) is 5.58 Å². The van der Waals surface area contributed by atoms with Gasteiger partial charge in [-0.25, -0.2) is 0 Å². The Kier molecular flexibility index (Phi) is 5.20. The molecule has 2 aromatic heterocycles. The summed E-state index contributed by atoms with van der Waals surface area (Å²) in [7, 11) is 0. The summed E-state index contributed by atoms with van der Waals surface area (Å²) in [4.78, 5) is 2.35. The number of nitrogens with zero attached hydrogens (tertiary/aromatic N) is 1. The van der Waals surface area contributed by atoms with E-state index in [0.717, 1.165) is 71.7 Å². The standard InChI is InChI=1S/C40H25NO2/c1-2-11-26(12-3-1)27-21-23-29(24-22-27)41(34-17-10-20-37-38(34)32-16-7-9-19-36(32)42-37)39-30-14-5-4-13-28(30)25-33-31-15-6-8-18-35(31)43-40(33)39/h1-25H. The van der Waals surface area contributed by atoms with Gasteiger partial charge in [0, 0.05) is 27.2 Å². The fourth-order valence-electron chi connectivity index (χ4n) is 6.49. The number of hydrogen-bond donors (Lipinski definition) is 0. The summed E-state index contributed by atoms with van der Waals surface area (Å²) in [5.41, 5.74) is 8.90. The molecule has 0 unspecified atom stereocenters. The van der Waals surface area contributed by atoms with Crippen molar-refractivity contribution in [3.8, 4) is 11.1 Å². The molecule has 43 heavy (non-hydrogen) atoms. The van der Waals surface area contributed by atoms with Gasteiger partial charge in [-0.05, 0) is 59.0 Å². The molecule has 3 nitrogen and oxygen atoms in total. The normalized spacial score (nSPS) is 11.7. The van der Waals surface area contributed by atoms with E-state index in [9.17, 15) is 0 Å². The number of para-hydroxylation sites is 2. The lowest BCUT2D eigenvalue weighted by molar-refractivity contribution is 0.668. The molecule has 7 aromatic carbocycles. The minimum Gasteiger partial charge on any atom is -0.456 e. The second kappa shape index (κ2) is 9.37. The lowest BCUT2D eigenvalue weighted by atomic mass is 10.0. The van der Waals surface area contributed by atoms with Crippen molar-refractivity contribution in [1.82, 2.24) is 0 Å². The maximum Gasteiger partial charge on any atom is 0.160 e. The molecular weight excluding hydrogens is 526 g/mol. The molecule has 0 saturated carbocycles. The van der Waals surface area contributed by atoms with E-state index in [1.165, 1.54) is 11.1 Å². The summed E-state index contributed by atoms with van der Waals surface area (Å²) < 4.78 is 13.1. The highest BCUT2D eigenvalue weighted by Crippen LogP contribution is 2.49. The van der Waals surface area contributed by atoms with E-state index in [1.807, 2.05) is 24.3 Å². The zero-order valence-corrected chi connectivity index (χ0v) is 23.2. The molecule has 0 fully saturated rings. The van der Waals surface area contributed by atoms with Crippen LogP contribution in [-0.4, -0.2) is 0 Å². The molecule has 0 aliphatic carbocycles. The molecule has 0 amide bonds. The molecular formula is C40H25NO2. The van der Waals surface area contributed by atoms with Crippen LogP contribution in [0.2, 0.25) is 0 Å². The van der Waals surface area contributed by atoms with Crippen molar-refractivity contribution in [2.45, 2.75) is 0 Å². The zero-order chi connectivity index (χ0) is 28.3. The Balaban J connectivity index is 1.41. The first kappa shape index (κ1) is 23.9. The van der Waals surface area contributed by atoms with Crippen LogP contribution < -0.4 is 4.90 Å². The molecule has 9 aromatic rings. The van der Waals surface area contributed by atoms with Crippen LogP contribution in [0, 0.1) is 0 Å². The summed E-state index contributed by atoms with van der Waals surface area (Å²) in [6.07, 6.45) is 0. The molecule has 0 spiro atoms. The summed E-state index contributed by atoms with van der Waals surface area (Å²) >= 11 is 0. The van der Waals surface area contributed by atoms with E-state index in [-0.39, 0.29) is 0 Å². The number of hydrogen-bond acceptors (Lipinski definition) is 3. The Bertz CT molecular complexity index is 2450. The average molecular weight is 552 g/mol. The van der Waals surface area contributed by atoms with Crippen LogP contribution in [0.3, 0.4) is 0 Å². The van der Waals surface area contributed by atoms with Gasteiger partial charge in [-0.1, -0.05) is 109 Å². The molecule has 3 heteroatoms. The topological polar surface area (TPSA) is 29.5 Å². The van der Waals surface area contributed by atoms with Gasteiger partial charge in [0.1, 0.15) is 16.7 Å². The second-order valence-electron chi connectivity index (χ2n) is 10.9. The summed E-state index contributed by atoms with van der Waals surface area (Å²) in [6.45, 7) is 0. The molecule has 0 bridgehead atoms. The quantitative estimate of drug-likeness (QED) is 0.218. The summed E-state index contributed by atoms with van der Waals surface area (Å²) in [6, 6.07) is 53.0. The molecule has 0 atom stereocenters. The van der Waals surface area contributed by atoms with Crippen LogP contribution in [-0.2, 0) is 0 Å². The maximum atomic E-state index is 6.72. The molecule has 0 aliphatic heterocycles. The third-order valence-corrected chi connectivity index (χ3v) is 8.44. The van der Waals surface area contributed by atoms with Crippen LogP contribution in [0.15, 0.2) is 160 Å². The fourth-order valence-corrected chi connectivity index (χ4v) is 6.49. The van der Waals surface area contributed by atoms with E-state index in [1.54, 1.807) is 0 Å². The summed E-state index contributed by atoms with van der Waals surface area (Å²) in [5.74, 6) is 0. The monoisotopic (exact) mass is 551 g/mol. The molecule has 202 valence electrons. The Labute approximate surface area is 247 Å². The van der Waals surface area contributed by atoms with Crippen molar-refractivity contribution in [3.63, 3.8) is 0 Å². The van der Waals surface area contributed by atoms with E-state index in [4.69, 9.17) is 8.83 Å². The van der Waals surface area contributed by atoms with Crippen LogP contribution >= 0.6 is 0 Å². The maximum absolute atomic E-state index is 6.72. The molecule has 9 rings (SSSR count). The van der Waals surface area contributed by atoms with Gasteiger partial charge in [-0.2, -0.15) is 0 Å². The highest BCUT2D eigenvalue weighted by atomic mass is 16.3. The molecule has 2 heterocycles. The van der Waals surface area contributed by atoms with Gasteiger partial charge in [0.25, 0.3) is 0 Å². The molecule has 0 aliphatic rings. The Morgan fingerprint density at radius 2 is 1.05 bits per heavy atom. The third-order valence-electron chi connectivity index (χ3n) is 8.44. The zero-order valence-electron chi connectivity index (χ0n) is 23.2. The van der Waals surface area contributed by atoms with Gasteiger partial charge in [0.2, 0.25) is 0 Å². The third kappa shape index (κ3) is 3.68. The number of rotatable bonds is 4. The number of fused-ring (bicyclic) bond motifs is 7. The number of anilines is 3. The van der Waals surface area contributed by atoms with E-state index in [2.05, 4.69) is 132 Å². The first-order valence-corrected chi connectivity index (χ1v) is 14.5. The second-order valence-corrected chi connectivity index (χ2v) is 10.9. The Morgan fingerprint density at radius 3 is 1.86 bits per heavy atom. The van der Waals surface area contributed by atoms with E-state index < -0.39 is 0 Å². The van der Waals surface area contributed by atoms with Crippen LogP contribution in [0.25, 0.3) is 65.8 Å². The highest BCUT2D eigenvalue weighted by molar-refractivity contribution is 6.21. The first-order valence-electron chi connectivity index (χ1n) is 14.5. The van der Waals surface area contributed by atoms with Gasteiger partial charge in [-0.15, -0.1) is 0 Å². The SMILES string of the molecule is c1ccc(-c2ccc(N(c3c4ccccc4cc4c3oc3ccccc34)c3cccc4oc5ccccc5c34)cc2)cc1. The van der Waals surface area contributed by atoms with E-state index >= 15 is 0 Å². The van der Waals surface area contributed by atoms with Crippen LogP contribution in [0.5, 0.6) is 0 Å². The largest absolute Gasteiger partial charge is 0.456 e. The molecule has 0 N–H and O–H groups in total. The average Bonchev–Trinajstić information content (AvgIpc) is 3.64. The first-order chi connectivity index (χ1) is 21.3. The van der Waals surface area contributed by atoms with Gasteiger partial charge < -0.3 is 13.7 Å². The lowest BCUT2D eigenvalue weighted by Gasteiger charge is -2.28. The van der Waals surface area contributed by atoms with Gasteiger partial charge >= 0.3 is 0 Å². The number of benzene rings is 7. The minimum absolute atomic E-state index is 0.852. The van der Waals surface area contributed by atoms with Crippen molar-refractivity contribution in [3.05, 3.63) is 152 Å². The fraction of sp³-hybridized carbons (Fsp3) is 0. The molecule has 0 saturated heterocycles. The number of furan rings is 2. The van der Waals surface area contributed by atoms with E-state index in [0.29, 0.717) is 0 Å². The van der Waals surface area contributed by atoms with Gasteiger partial charge in [0.05, 0.1) is 16.8 Å². The molecule has 0 radical (unpaired) electrons.